The lowest BCUT2D eigenvalue weighted by Gasteiger charge is -2.15. The molecule has 4 amide bonds. The molecule has 0 spiro atoms. The lowest BCUT2D eigenvalue weighted by molar-refractivity contribution is -0.121. The molecule has 1 fully saturated rings. The molecule has 2 aromatic rings. The van der Waals surface area contributed by atoms with Gasteiger partial charge in [-0.2, -0.15) is 0 Å². The molecule has 8 heteroatoms. The van der Waals surface area contributed by atoms with Gasteiger partial charge in [-0.3, -0.25) is 24.1 Å². The van der Waals surface area contributed by atoms with E-state index in [9.17, 15) is 23.6 Å². The number of nitrogens with one attached hydrogen (secondary N) is 2. The highest BCUT2D eigenvalue weighted by molar-refractivity contribution is 6.20. The van der Waals surface area contributed by atoms with Crippen LogP contribution < -0.4 is 15.5 Å². The van der Waals surface area contributed by atoms with Crippen molar-refractivity contribution in [2.24, 2.45) is 0 Å². The normalized spacial score (nSPS) is 13.6. The highest BCUT2D eigenvalue weighted by Crippen LogP contribution is 2.24. The summed E-state index contributed by atoms with van der Waals surface area (Å²) in [5.41, 5.74) is 0.782. The predicted molar refractivity (Wildman–Crippen MR) is 96.8 cm³/mol. The standard InChI is InChI=1S/C19H16FN3O4/c1-11(24)21-16-10-13(5-6-15(16)20)22-19(27)12-3-2-4-14(9-12)23-17(25)7-8-18(23)26/h2-6,9-10H,7-8H2,1H3,(H,21,24)(H,22,27). The fraction of sp³-hybridized carbons (Fsp3) is 0.158. The van der Waals surface area contributed by atoms with Crippen molar-refractivity contribution in [3.05, 3.63) is 53.8 Å². The van der Waals surface area contributed by atoms with Gasteiger partial charge in [-0.05, 0) is 36.4 Å². The van der Waals surface area contributed by atoms with Crippen LogP contribution in [-0.2, 0) is 14.4 Å². The third-order valence-electron chi connectivity index (χ3n) is 3.95. The van der Waals surface area contributed by atoms with Gasteiger partial charge in [0.1, 0.15) is 5.82 Å². The summed E-state index contributed by atoms with van der Waals surface area (Å²) in [6.45, 7) is 1.25. The molecule has 27 heavy (non-hydrogen) atoms. The summed E-state index contributed by atoms with van der Waals surface area (Å²) in [4.78, 5) is 48.4. The van der Waals surface area contributed by atoms with Gasteiger partial charge in [0.15, 0.2) is 0 Å². The lowest BCUT2D eigenvalue weighted by atomic mass is 10.1. The summed E-state index contributed by atoms with van der Waals surface area (Å²) in [5.74, 6) is -2.19. The van der Waals surface area contributed by atoms with Gasteiger partial charge >= 0.3 is 0 Å². The first-order valence-corrected chi connectivity index (χ1v) is 8.19. The summed E-state index contributed by atoms with van der Waals surface area (Å²) < 4.78 is 13.7. The number of hydrogen-bond acceptors (Lipinski definition) is 4. The molecule has 3 rings (SSSR count). The number of nitrogens with zero attached hydrogens (tertiary/aromatic N) is 1. The van der Waals surface area contributed by atoms with Crippen LogP contribution >= 0.6 is 0 Å². The van der Waals surface area contributed by atoms with Crippen molar-refractivity contribution < 1.29 is 23.6 Å². The first-order chi connectivity index (χ1) is 12.8. The molecular weight excluding hydrogens is 353 g/mol. The molecule has 1 aliphatic heterocycles. The monoisotopic (exact) mass is 369 g/mol. The molecule has 0 bridgehead atoms. The number of anilines is 3. The number of halogens is 1. The minimum Gasteiger partial charge on any atom is -0.324 e. The van der Waals surface area contributed by atoms with Gasteiger partial charge in [-0.25, -0.2) is 4.39 Å². The molecule has 1 heterocycles. The van der Waals surface area contributed by atoms with Crippen LogP contribution in [0.25, 0.3) is 0 Å². The highest BCUT2D eigenvalue weighted by Gasteiger charge is 2.30. The van der Waals surface area contributed by atoms with Crippen molar-refractivity contribution in [3.63, 3.8) is 0 Å². The van der Waals surface area contributed by atoms with Gasteiger partial charge in [0.05, 0.1) is 11.4 Å². The van der Waals surface area contributed by atoms with Crippen LogP contribution in [0.15, 0.2) is 42.5 Å². The molecule has 7 nitrogen and oxygen atoms in total. The summed E-state index contributed by atoms with van der Waals surface area (Å²) in [7, 11) is 0. The van der Waals surface area contributed by atoms with Gasteiger partial charge in [-0.15, -0.1) is 0 Å². The largest absolute Gasteiger partial charge is 0.324 e. The number of benzene rings is 2. The fourth-order valence-corrected chi connectivity index (χ4v) is 2.74. The van der Waals surface area contributed by atoms with E-state index in [1.54, 1.807) is 12.1 Å². The van der Waals surface area contributed by atoms with Crippen molar-refractivity contribution in [2.75, 3.05) is 15.5 Å². The second-order valence-electron chi connectivity index (χ2n) is 6.00. The van der Waals surface area contributed by atoms with E-state index in [1.165, 1.54) is 31.2 Å². The van der Waals surface area contributed by atoms with E-state index >= 15 is 0 Å². The van der Waals surface area contributed by atoms with E-state index in [0.717, 1.165) is 11.0 Å². The average molecular weight is 369 g/mol. The SMILES string of the molecule is CC(=O)Nc1cc(NC(=O)c2cccc(N3C(=O)CCC3=O)c2)ccc1F. The summed E-state index contributed by atoms with van der Waals surface area (Å²) in [5, 5.41) is 4.93. The molecule has 1 aliphatic rings. The molecule has 0 saturated carbocycles. The maximum Gasteiger partial charge on any atom is 0.255 e. The Balaban J connectivity index is 1.81. The van der Waals surface area contributed by atoms with E-state index in [-0.39, 0.29) is 41.6 Å². The molecule has 0 aromatic heterocycles. The Bertz CT molecular complexity index is 942. The van der Waals surface area contributed by atoms with Crippen LogP contribution in [0, 0.1) is 5.82 Å². The molecule has 0 radical (unpaired) electrons. The molecule has 0 atom stereocenters. The summed E-state index contributed by atoms with van der Waals surface area (Å²) in [6, 6.07) is 9.89. The zero-order valence-corrected chi connectivity index (χ0v) is 14.4. The van der Waals surface area contributed by atoms with E-state index < -0.39 is 17.6 Å². The Morgan fingerprint density at radius 2 is 1.70 bits per heavy atom. The number of amides is 4. The summed E-state index contributed by atoms with van der Waals surface area (Å²) in [6.07, 6.45) is 0.299. The topological polar surface area (TPSA) is 95.6 Å². The van der Waals surface area contributed by atoms with Crippen LogP contribution in [0.3, 0.4) is 0 Å². The van der Waals surface area contributed by atoms with E-state index in [2.05, 4.69) is 10.6 Å². The Morgan fingerprint density at radius 1 is 1.00 bits per heavy atom. The minimum absolute atomic E-state index is 0.0534. The van der Waals surface area contributed by atoms with Gasteiger partial charge < -0.3 is 10.6 Å². The predicted octanol–water partition coefficient (Wildman–Crippen LogP) is 2.69. The van der Waals surface area contributed by atoms with Crippen LogP contribution in [0.4, 0.5) is 21.5 Å². The van der Waals surface area contributed by atoms with Crippen molar-refractivity contribution in [1.29, 1.82) is 0 Å². The summed E-state index contributed by atoms with van der Waals surface area (Å²) >= 11 is 0. The molecule has 2 aromatic carbocycles. The minimum atomic E-state index is -0.628. The molecular formula is C19H16FN3O4. The Kier molecular flexibility index (Phi) is 4.98. The quantitative estimate of drug-likeness (QED) is 0.810. The Hall–Kier alpha value is -3.55. The van der Waals surface area contributed by atoms with Gasteiger partial charge in [0.25, 0.3) is 5.91 Å². The average Bonchev–Trinajstić information content (AvgIpc) is 2.96. The molecule has 138 valence electrons. The zero-order chi connectivity index (χ0) is 19.6. The van der Waals surface area contributed by atoms with E-state index in [1.807, 2.05) is 0 Å². The van der Waals surface area contributed by atoms with Crippen LogP contribution in [-0.4, -0.2) is 23.6 Å². The van der Waals surface area contributed by atoms with Crippen molar-refractivity contribution in [2.45, 2.75) is 19.8 Å². The van der Waals surface area contributed by atoms with E-state index in [0.29, 0.717) is 5.69 Å². The maximum absolute atomic E-state index is 13.7. The van der Waals surface area contributed by atoms with Crippen molar-refractivity contribution >= 4 is 40.7 Å². The van der Waals surface area contributed by atoms with Crippen LogP contribution in [0.2, 0.25) is 0 Å². The number of hydrogen-bond donors (Lipinski definition) is 2. The molecule has 2 N–H and O–H groups in total. The molecule has 0 unspecified atom stereocenters. The third-order valence-corrected chi connectivity index (χ3v) is 3.95. The number of imide groups is 1. The Labute approximate surface area is 154 Å². The lowest BCUT2D eigenvalue weighted by Crippen LogP contribution is -2.28. The first kappa shape index (κ1) is 18.2. The third kappa shape index (κ3) is 4.00. The van der Waals surface area contributed by atoms with E-state index in [4.69, 9.17) is 0 Å². The second kappa shape index (κ2) is 7.36. The maximum atomic E-state index is 13.7. The zero-order valence-electron chi connectivity index (χ0n) is 14.4. The smallest absolute Gasteiger partial charge is 0.255 e. The van der Waals surface area contributed by atoms with Crippen LogP contribution in [0.5, 0.6) is 0 Å². The fourth-order valence-electron chi connectivity index (χ4n) is 2.74. The number of carbonyl (C=O) groups is 4. The van der Waals surface area contributed by atoms with Crippen molar-refractivity contribution in [3.8, 4) is 0 Å². The molecule has 1 saturated heterocycles. The highest BCUT2D eigenvalue weighted by atomic mass is 19.1. The van der Waals surface area contributed by atoms with Gasteiger partial charge in [-0.1, -0.05) is 6.07 Å². The second-order valence-corrected chi connectivity index (χ2v) is 6.00. The number of carbonyl (C=O) groups excluding carboxylic acids is 4. The number of rotatable bonds is 4. The Morgan fingerprint density at radius 3 is 2.37 bits per heavy atom. The van der Waals surface area contributed by atoms with Gasteiger partial charge in [0.2, 0.25) is 17.7 Å². The van der Waals surface area contributed by atoms with Crippen molar-refractivity contribution in [1.82, 2.24) is 0 Å². The first-order valence-electron chi connectivity index (χ1n) is 8.19. The van der Waals surface area contributed by atoms with Crippen LogP contribution in [0.1, 0.15) is 30.1 Å². The van der Waals surface area contributed by atoms with Gasteiger partial charge in [0, 0.05) is 31.0 Å². The molecule has 0 aliphatic carbocycles.